The van der Waals surface area contributed by atoms with E-state index in [1.54, 1.807) is 0 Å². The number of benzene rings is 1. The van der Waals surface area contributed by atoms with Crippen molar-refractivity contribution in [2.45, 2.75) is 38.9 Å². The normalized spacial score (nSPS) is 24.2. The molecule has 0 saturated carbocycles. The number of aliphatic hydroxyl groups is 1. The van der Waals surface area contributed by atoms with Crippen LogP contribution in [0.3, 0.4) is 0 Å². The maximum absolute atomic E-state index is 9.39. The molecular formula is C15H22O3. The van der Waals surface area contributed by atoms with E-state index in [1.807, 2.05) is 38.1 Å². The maximum Gasteiger partial charge on any atom is 0.119 e. The number of rotatable bonds is 4. The minimum atomic E-state index is 0.0249. The lowest BCUT2D eigenvalue weighted by Crippen LogP contribution is -2.25. The van der Waals surface area contributed by atoms with Gasteiger partial charge in [0, 0.05) is 19.1 Å². The molecule has 3 heteroatoms. The molecule has 1 heterocycles. The highest BCUT2D eigenvalue weighted by atomic mass is 16.5. The highest BCUT2D eigenvalue weighted by Gasteiger charge is 2.26. The predicted octanol–water partition coefficient (Wildman–Crippen LogP) is 2.93. The van der Waals surface area contributed by atoms with Crippen LogP contribution in [0.25, 0.3) is 0 Å². The third-order valence-corrected chi connectivity index (χ3v) is 3.26. The molecule has 1 aliphatic rings. The minimum Gasteiger partial charge on any atom is -0.491 e. The Labute approximate surface area is 109 Å². The zero-order chi connectivity index (χ0) is 13.0. The molecule has 1 saturated heterocycles. The molecule has 2 unspecified atom stereocenters. The summed E-state index contributed by atoms with van der Waals surface area (Å²) in [4.78, 5) is 0. The van der Waals surface area contributed by atoms with Gasteiger partial charge in [-0.1, -0.05) is 12.1 Å². The Hall–Kier alpha value is -1.06. The second-order valence-electron chi connectivity index (χ2n) is 5.11. The number of hydrogen-bond donors (Lipinski definition) is 1. The van der Waals surface area contributed by atoms with Crippen molar-refractivity contribution < 1.29 is 14.6 Å². The molecule has 3 nitrogen and oxygen atoms in total. The second-order valence-corrected chi connectivity index (χ2v) is 5.11. The fourth-order valence-electron chi connectivity index (χ4n) is 2.41. The van der Waals surface area contributed by atoms with Gasteiger partial charge in [-0.25, -0.2) is 0 Å². The van der Waals surface area contributed by atoms with E-state index < -0.39 is 0 Å². The first-order chi connectivity index (χ1) is 8.70. The quantitative estimate of drug-likeness (QED) is 0.893. The van der Waals surface area contributed by atoms with Crippen LogP contribution in [-0.2, 0) is 4.74 Å². The molecule has 0 spiro atoms. The standard InChI is InChI=1S/C15H22O3/c1-11(2)18-14-7-5-12(6-8-14)15-13(10-16)4-3-9-17-15/h5-8,11,13,15-16H,3-4,9-10H2,1-2H3. The first-order valence-electron chi connectivity index (χ1n) is 6.70. The van der Waals surface area contributed by atoms with Gasteiger partial charge in [0.25, 0.3) is 0 Å². The van der Waals surface area contributed by atoms with Crippen molar-refractivity contribution in [3.63, 3.8) is 0 Å². The van der Waals surface area contributed by atoms with Gasteiger partial charge in [-0.3, -0.25) is 0 Å². The van der Waals surface area contributed by atoms with Crippen LogP contribution < -0.4 is 4.74 Å². The summed E-state index contributed by atoms with van der Waals surface area (Å²) in [6, 6.07) is 8.02. The molecule has 1 aliphatic heterocycles. The van der Waals surface area contributed by atoms with Crippen LogP contribution in [0.1, 0.15) is 38.4 Å². The number of hydrogen-bond acceptors (Lipinski definition) is 3. The van der Waals surface area contributed by atoms with Crippen molar-refractivity contribution in [3.8, 4) is 5.75 Å². The van der Waals surface area contributed by atoms with Gasteiger partial charge in [-0.2, -0.15) is 0 Å². The van der Waals surface area contributed by atoms with Gasteiger partial charge >= 0.3 is 0 Å². The fourth-order valence-corrected chi connectivity index (χ4v) is 2.41. The van der Waals surface area contributed by atoms with Gasteiger partial charge in [0.15, 0.2) is 0 Å². The van der Waals surface area contributed by atoms with Crippen molar-refractivity contribution in [1.82, 2.24) is 0 Å². The highest BCUT2D eigenvalue weighted by molar-refractivity contribution is 5.29. The zero-order valence-corrected chi connectivity index (χ0v) is 11.1. The molecule has 2 rings (SSSR count). The average molecular weight is 250 g/mol. The van der Waals surface area contributed by atoms with Crippen LogP contribution >= 0.6 is 0 Å². The van der Waals surface area contributed by atoms with E-state index in [1.165, 1.54) is 0 Å². The molecule has 18 heavy (non-hydrogen) atoms. The fraction of sp³-hybridized carbons (Fsp3) is 0.600. The molecule has 0 aromatic heterocycles. The third kappa shape index (κ3) is 3.24. The third-order valence-electron chi connectivity index (χ3n) is 3.26. The first kappa shape index (κ1) is 13.4. The van der Waals surface area contributed by atoms with E-state index in [0.717, 1.165) is 30.8 Å². The summed E-state index contributed by atoms with van der Waals surface area (Å²) in [6.07, 6.45) is 2.28. The molecule has 0 bridgehead atoms. The summed E-state index contributed by atoms with van der Waals surface area (Å²) >= 11 is 0. The maximum atomic E-state index is 9.39. The van der Waals surface area contributed by atoms with E-state index in [0.29, 0.717) is 0 Å². The van der Waals surface area contributed by atoms with Gasteiger partial charge in [-0.15, -0.1) is 0 Å². The van der Waals surface area contributed by atoms with Crippen molar-refractivity contribution >= 4 is 0 Å². The molecule has 1 N–H and O–H groups in total. The SMILES string of the molecule is CC(C)Oc1ccc(C2OCCCC2CO)cc1. The van der Waals surface area contributed by atoms with Crippen LogP contribution in [0.15, 0.2) is 24.3 Å². The van der Waals surface area contributed by atoms with Gasteiger partial charge in [0.1, 0.15) is 5.75 Å². The Morgan fingerprint density at radius 1 is 1.33 bits per heavy atom. The van der Waals surface area contributed by atoms with Crippen LogP contribution in [0.2, 0.25) is 0 Å². The molecule has 100 valence electrons. The van der Waals surface area contributed by atoms with E-state index in [-0.39, 0.29) is 24.7 Å². The van der Waals surface area contributed by atoms with Gasteiger partial charge in [-0.05, 0) is 44.4 Å². The molecule has 1 fully saturated rings. The summed E-state index contributed by atoms with van der Waals surface area (Å²) in [5, 5.41) is 9.39. The Morgan fingerprint density at radius 3 is 2.67 bits per heavy atom. The second kappa shape index (κ2) is 6.21. The predicted molar refractivity (Wildman–Crippen MR) is 70.7 cm³/mol. The topological polar surface area (TPSA) is 38.7 Å². The Balaban J connectivity index is 2.07. The number of aliphatic hydroxyl groups excluding tert-OH is 1. The van der Waals surface area contributed by atoms with E-state index in [2.05, 4.69) is 0 Å². The van der Waals surface area contributed by atoms with Crippen molar-refractivity contribution in [2.24, 2.45) is 5.92 Å². The van der Waals surface area contributed by atoms with Crippen LogP contribution in [0, 0.1) is 5.92 Å². The molecular weight excluding hydrogens is 228 g/mol. The van der Waals surface area contributed by atoms with Crippen molar-refractivity contribution in [1.29, 1.82) is 0 Å². The summed E-state index contributed by atoms with van der Waals surface area (Å²) in [5.74, 6) is 1.10. The summed E-state index contributed by atoms with van der Waals surface area (Å²) < 4.78 is 11.4. The van der Waals surface area contributed by atoms with Crippen LogP contribution in [0.4, 0.5) is 0 Å². The van der Waals surface area contributed by atoms with E-state index in [4.69, 9.17) is 9.47 Å². The minimum absolute atomic E-state index is 0.0249. The Morgan fingerprint density at radius 2 is 2.06 bits per heavy atom. The van der Waals surface area contributed by atoms with Gasteiger partial charge in [0.05, 0.1) is 12.2 Å². The summed E-state index contributed by atoms with van der Waals surface area (Å²) in [5.41, 5.74) is 1.13. The zero-order valence-electron chi connectivity index (χ0n) is 11.1. The lowest BCUT2D eigenvalue weighted by atomic mass is 9.90. The molecule has 0 radical (unpaired) electrons. The van der Waals surface area contributed by atoms with E-state index >= 15 is 0 Å². The monoisotopic (exact) mass is 250 g/mol. The smallest absolute Gasteiger partial charge is 0.119 e. The van der Waals surface area contributed by atoms with Crippen LogP contribution in [0.5, 0.6) is 5.75 Å². The lowest BCUT2D eigenvalue weighted by Gasteiger charge is -2.30. The molecule has 1 aromatic rings. The largest absolute Gasteiger partial charge is 0.491 e. The van der Waals surface area contributed by atoms with Gasteiger partial charge in [0.2, 0.25) is 0 Å². The molecule has 0 amide bonds. The van der Waals surface area contributed by atoms with Crippen molar-refractivity contribution in [2.75, 3.05) is 13.2 Å². The van der Waals surface area contributed by atoms with Crippen LogP contribution in [-0.4, -0.2) is 24.4 Å². The van der Waals surface area contributed by atoms with Gasteiger partial charge < -0.3 is 14.6 Å². The molecule has 2 atom stereocenters. The van der Waals surface area contributed by atoms with Crippen molar-refractivity contribution in [3.05, 3.63) is 29.8 Å². The van der Waals surface area contributed by atoms with E-state index in [9.17, 15) is 5.11 Å². The first-order valence-corrected chi connectivity index (χ1v) is 6.70. The molecule has 1 aromatic carbocycles. The lowest BCUT2D eigenvalue weighted by molar-refractivity contribution is -0.0457. The average Bonchev–Trinajstić information content (AvgIpc) is 2.39. The molecule has 0 aliphatic carbocycles. The Kier molecular flexibility index (Phi) is 4.61. The highest BCUT2D eigenvalue weighted by Crippen LogP contribution is 2.33. The number of ether oxygens (including phenoxy) is 2. The summed E-state index contributed by atoms with van der Waals surface area (Å²) in [7, 11) is 0. The Bertz CT molecular complexity index is 359. The summed E-state index contributed by atoms with van der Waals surface area (Å²) in [6.45, 7) is 5.00.